The number of rotatable bonds is 14. The molecule has 7 heteroatoms. The van der Waals surface area contributed by atoms with E-state index in [-0.39, 0.29) is 13.2 Å². The number of aryl methyl sites for hydroxylation is 1. The highest BCUT2D eigenvalue weighted by Gasteiger charge is 2.16. The predicted molar refractivity (Wildman–Crippen MR) is 110 cm³/mol. The maximum absolute atomic E-state index is 11.1. The van der Waals surface area contributed by atoms with Crippen molar-refractivity contribution in [2.45, 2.75) is 65.2 Å². The largest absolute Gasteiger partial charge is 0.590 e. The van der Waals surface area contributed by atoms with Crippen LogP contribution in [0.15, 0.2) is 24.3 Å². The minimum atomic E-state index is -3.89. The zero-order chi connectivity index (χ0) is 20.0. The molecule has 0 saturated carbocycles. The molecule has 0 saturated heterocycles. The molecule has 1 aromatic rings. The first-order valence-corrected chi connectivity index (χ1v) is 11.1. The van der Waals surface area contributed by atoms with Crippen LogP contribution in [0.25, 0.3) is 6.08 Å². The third-order valence-electron chi connectivity index (χ3n) is 4.18. The van der Waals surface area contributed by atoms with Gasteiger partial charge in [0.1, 0.15) is 19.0 Å². The van der Waals surface area contributed by atoms with E-state index in [1.54, 1.807) is 0 Å². The van der Waals surface area contributed by atoms with E-state index in [0.29, 0.717) is 5.75 Å². The highest BCUT2D eigenvalue weighted by Crippen LogP contribution is 2.23. The monoisotopic (exact) mass is 400 g/mol. The Hall–Kier alpha value is -1.41. The van der Waals surface area contributed by atoms with Crippen LogP contribution < -0.4 is 10.6 Å². The molecule has 1 aromatic carbocycles. The van der Waals surface area contributed by atoms with Gasteiger partial charge in [-0.05, 0) is 41.4 Å². The van der Waals surface area contributed by atoms with Crippen LogP contribution >= 0.6 is 0 Å². The molecule has 1 rings (SSSR count). The Balaban J connectivity index is 2.48. The van der Waals surface area contributed by atoms with Crippen molar-refractivity contribution in [1.29, 1.82) is 0 Å². The smallest absolute Gasteiger partial charge is 0.491 e. The number of allylic oxidation sites excluding steroid dienone is 1. The zero-order valence-corrected chi connectivity index (χ0v) is 17.3. The molecule has 0 heterocycles. The van der Waals surface area contributed by atoms with Gasteiger partial charge in [0.15, 0.2) is 0 Å². The lowest BCUT2D eigenvalue weighted by Gasteiger charge is -2.11. The van der Waals surface area contributed by atoms with Crippen molar-refractivity contribution in [3.05, 3.63) is 35.4 Å². The molecular formula is C20H34NO5S+. The fraction of sp³-hybridized carbons (Fsp3) is 0.600. The Morgan fingerprint density at radius 1 is 1.15 bits per heavy atom. The summed E-state index contributed by atoms with van der Waals surface area (Å²) in [6, 6.07) is 6.13. The molecule has 1 unspecified atom stereocenters. The molecular weight excluding hydrogens is 366 g/mol. The van der Waals surface area contributed by atoms with Gasteiger partial charge in [0, 0.05) is 11.5 Å². The number of nitrogens with two attached hydrogens (primary N) is 1. The van der Waals surface area contributed by atoms with Crippen LogP contribution in [0.2, 0.25) is 0 Å². The van der Waals surface area contributed by atoms with Crippen LogP contribution in [-0.4, -0.2) is 22.0 Å². The van der Waals surface area contributed by atoms with Gasteiger partial charge in [-0.15, -0.1) is 4.21 Å². The van der Waals surface area contributed by atoms with Crippen LogP contribution in [0.1, 0.15) is 69.9 Å². The van der Waals surface area contributed by atoms with Gasteiger partial charge in [-0.1, -0.05) is 63.7 Å². The van der Waals surface area contributed by atoms with E-state index >= 15 is 0 Å². The van der Waals surface area contributed by atoms with Gasteiger partial charge < -0.3 is 4.74 Å². The Morgan fingerprint density at radius 3 is 2.52 bits per heavy atom. The van der Waals surface area contributed by atoms with Gasteiger partial charge in [-0.2, -0.15) is 0 Å². The summed E-state index contributed by atoms with van der Waals surface area (Å²) in [5.74, 6) is 5.37. The molecule has 6 nitrogen and oxygen atoms in total. The van der Waals surface area contributed by atoms with E-state index in [1.807, 2.05) is 25.1 Å². The predicted octanol–water partition coefficient (Wildman–Crippen LogP) is 4.84. The number of unbranched alkanes of at least 4 members (excludes halogenated alkanes) is 6. The van der Waals surface area contributed by atoms with Crippen molar-refractivity contribution in [2.75, 3.05) is 13.2 Å². The summed E-state index contributed by atoms with van der Waals surface area (Å²) in [4.78, 5) is 0. The average molecular weight is 401 g/mol. The molecule has 1 atom stereocenters. The van der Waals surface area contributed by atoms with Gasteiger partial charge in [0.2, 0.25) is 0 Å². The second-order valence-corrected chi connectivity index (χ2v) is 7.72. The topological polar surface area (TPSA) is 93.1 Å². The van der Waals surface area contributed by atoms with E-state index in [1.165, 1.54) is 50.5 Å². The molecule has 0 aliphatic rings. The second kappa shape index (κ2) is 13.7. The van der Waals surface area contributed by atoms with E-state index in [9.17, 15) is 4.21 Å². The lowest BCUT2D eigenvalue weighted by Crippen LogP contribution is -2.15. The molecule has 0 aliphatic heterocycles. The van der Waals surface area contributed by atoms with E-state index in [0.717, 1.165) is 12.0 Å². The van der Waals surface area contributed by atoms with Gasteiger partial charge in [-0.25, -0.2) is 8.74 Å². The lowest BCUT2D eigenvalue weighted by atomic mass is 10.0. The summed E-state index contributed by atoms with van der Waals surface area (Å²) in [5, 5.41) is 0. The summed E-state index contributed by atoms with van der Waals surface area (Å²) < 4.78 is 34.3. The number of hydrogen-bond acceptors (Lipinski definition) is 3. The molecule has 27 heavy (non-hydrogen) atoms. The summed E-state index contributed by atoms with van der Waals surface area (Å²) in [6.45, 7) is 4.20. The normalized spacial score (nSPS) is 13.6. The van der Waals surface area contributed by atoms with Gasteiger partial charge >= 0.3 is 10.4 Å². The summed E-state index contributed by atoms with van der Waals surface area (Å²) >= 11 is 0. The van der Waals surface area contributed by atoms with Crippen molar-refractivity contribution in [2.24, 2.45) is 5.90 Å². The third kappa shape index (κ3) is 10.5. The second-order valence-electron chi connectivity index (χ2n) is 6.44. The maximum Gasteiger partial charge on any atom is 0.590 e. The zero-order valence-electron chi connectivity index (χ0n) is 16.5. The minimum Gasteiger partial charge on any atom is -0.491 e. The summed E-state index contributed by atoms with van der Waals surface area (Å²) in [7, 11) is -3.89. The van der Waals surface area contributed by atoms with Crippen molar-refractivity contribution < 1.29 is 21.6 Å². The van der Waals surface area contributed by atoms with Crippen LogP contribution in [0.3, 0.4) is 0 Å². The van der Waals surface area contributed by atoms with E-state index in [4.69, 9.17) is 9.29 Å². The molecule has 0 aliphatic carbocycles. The summed E-state index contributed by atoms with van der Waals surface area (Å²) in [5.41, 5.74) is 2.27. The fourth-order valence-electron chi connectivity index (χ4n) is 2.80. The highest BCUT2D eigenvalue weighted by molar-refractivity contribution is 7.81. The van der Waals surface area contributed by atoms with Gasteiger partial charge in [0.25, 0.3) is 0 Å². The Kier molecular flexibility index (Phi) is 12.0. The van der Waals surface area contributed by atoms with Crippen LogP contribution in [0.5, 0.6) is 5.75 Å². The molecule has 154 valence electrons. The van der Waals surface area contributed by atoms with E-state index in [2.05, 4.69) is 33.1 Å². The first-order chi connectivity index (χ1) is 13.0. The molecule has 0 aromatic heterocycles. The van der Waals surface area contributed by atoms with E-state index < -0.39 is 10.4 Å². The first-order valence-electron chi connectivity index (χ1n) is 9.70. The lowest BCUT2D eigenvalue weighted by molar-refractivity contribution is 0.0766. The molecule has 0 bridgehead atoms. The highest BCUT2D eigenvalue weighted by atomic mass is 32.3. The third-order valence-corrected chi connectivity index (χ3v) is 4.89. The van der Waals surface area contributed by atoms with Gasteiger partial charge in [-0.3, -0.25) is 0 Å². The Labute approximate surface area is 164 Å². The molecule has 0 amide bonds. The minimum absolute atomic E-state index is 0.110. The molecule has 0 spiro atoms. The Bertz CT molecular complexity index is 681. The van der Waals surface area contributed by atoms with Crippen molar-refractivity contribution in [3.8, 4) is 5.75 Å². The average Bonchev–Trinajstić information content (AvgIpc) is 2.66. The standard InChI is InChI=1S/C20H33NO5S/c1-3-5-6-7-8-9-10-12-18-13-14-20(19(17-18)11-4-2)24-15-16-25-27(22,23)26-21/h4,11,13-14,17H,3,5-10,12,15-16,21H2,1-2H3/p+1/b11-4+. The quantitative estimate of drug-likeness (QED) is 0.202. The van der Waals surface area contributed by atoms with Crippen LogP contribution in [0.4, 0.5) is 0 Å². The number of ether oxygens (including phenoxy) is 1. The fourth-order valence-corrected chi connectivity index (χ4v) is 3.13. The van der Waals surface area contributed by atoms with Crippen molar-refractivity contribution in [3.63, 3.8) is 0 Å². The van der Waals surface area contributed by atoms with Crippen LogP contribution in [-0.2, 0) is 24.9 Å². The molecule has 0 radical (unpaired) electrons. The van der Waals surface area contributed by atoms with Gasteiger partial charge in [0.05, 0.1) is 0 Å². The van der Waals surface area contributed by atoms with Crippen molar-refractivity contribution in [1.82, 2.24) is 0 Å². The maximum atomic E-state index is 11.1. The first kappa shape index (κ1) is 23.6. The van der Waals surface area contributed by atoms with Crippen molar-refractivity contribution >= 4 is 16.5 Å². The van der Waals surface area contributed by atoms with Crippen LogP contribution in [0, 0.1) is 0 Å². The summed E-state index contributed by atoms with van der Waals surface area (Å²) in [6.07, 6.45) is 14.1. The Morgan fingerprint density at radius 2 is 1.85 bits per heavy atom. The molecule has 3 N–H and O–H groups in total. The molecule has 0 fully saturated rings. The number of hydrogen-bond donors (Lipinski definition) is 2. The number of benzene rings is 1. The SMILES string of the molecule is C/C=C/c1cc(CCCCCCCCC)ccc1OCCOS(=O)(O)=[O+]N.